The van der Waals surface area contributed by atoms with Crippen LogP contribution >= 0.6 is 92.8 Å². The van der Waals surface area contributed by atoms with Gasteiger partial charge in [-0.3, -0.25) is 43.2 Å². The molecule has 0 aliphatic carbocycles. The number of carbonyl (C=O) groups is 9. The van der Waals surface area contributed by atoms with Crippen molar-refractivity contribution >= 4 is 163 Å². The minimum atomic E-state index is -0.922. The van der Waals surface area contributed by atoms with Gasteiger partial charge in [0.1, 0.15) is 56.0 Å². The highest BCUT2D eigenvalue weighted by atomic mass is 35.5. The lowest BCUT2D eigenvalue weighted by Crippen LogP contribution is -2.14. The molecule has 8 heterocycles. The molecular formula is C99H100Cl8N14O11. The van der Waals surface area contributed by atoms with Crippen molar-refractivity contribution in [1.29, 1.82) is 0 Å². The number of pyridine rings is 6. The Morgan fingerprint density at radius 1 is 0.379 bits per heavy atom. The second-order valence-corrected chi connectivity index (χ2v) is 35.4. The normalized spacial score (nSPS) is 11.6. The zero-order chi connectivity index (χ0) is 97.3. The Morgan fingerprint density at radius 3 is 1.02 bits per heavy atom. The molecule has 4 atom stereocenters. The number of nitrogens with one attached hydrogen (secondary N) is 3. The van der Waals surface area contributed by atoms with Gasteiger partial charge in [0.25, 0.3) is 17.7 Å². The third-order valence-electron chi connectivity index (χ3n) is 19.7. The number of hydrogen-bond donors (Lipinski definition) is 6. The van der Waals surface area contributed by atoms with Gasteiger partial charge in [-0.15, -0.1) is 0 Å². The van der Waals surface area contributed by atoms with Gasteiger partial charge in [-0.05, 0) is 225 Å². The van der Waals surface area contributed by atoms with Crippen LogP contribution in [0.3, 0.4) is 0 Å². The first kappa shape index (κ1) is 107. The fourth-order valence-electron chi connectivity index (χ4n) is 11.5. The molecule has 0 saturated heterocycles. The number of aliphatic carboxylic acids is 2. The number of carboxylic acids is 2. The van der Waals surface area contributed by atoms with Gasteiger partial charge in [0, 0.05) is 133 Å². The first-order valence-corrected chi connectivity index (χ1v) is 44.2. The highest BCUT2D eigenvalue weighted by Crippen LogP contribution is 2.30. The number of halogens is 8. The van der Waals surface area contributed by atoms with Crippen LogP contribution in [0, 0.1) is 0 Å². The maximum Gasteiger partial charge on any atom is 0.310 e. The molecule has 0 bridgehead atoms. The monoisotopic (exact) mass is 1940 g/mol. The predicted octanol–water partition coefficient (Wildman–Crippen LogP) is 23.2. The zero-order valence-electron chi connectivity index (χ0n) is 74.6. The Labute approximate surface area is 806 Å². The molecule has 0 radical (unpaired) electrons. The summed E-state index contributed by atoms with van der Waals surface area (Å²) in [7, 11) is 0. The van der Waals surface area contributed by atoms with Crippen LogP contribution < -0.4 is 21.7 Å². The third-order valence-corrected chi connectivity index (χ3v) is 21.6. The highest BCUT2D eigenvalue weighted by molar-refractivity contribution is 6.32. The van der Waals surface area contributed by atoms with Gasteiger partial charge in [0.05, 0.1) is 40.8 Å². The lowest BCUT2D eigenvalue weighted by molar-refractivity contribution is -0.138. The van der Waals surface area contributed by atoms with Crippen LogP contribution in [0.1, 0.15) is 207 Å². The van der Waals surface area contributed by atoms with E-state index in [0.29, 0.717) is 112 Å². The van der Waals surface area contributed by atoms with Crippen molar-refractivity contribution in [2.24, 2.45) is 5.73 Å². The number of nitrogens with two attached hydrogens (primary N) is 1. The Balaban J connectivity index is 0.000000221. The van der Waals surface area contributed by atoms with Gasteiger partial charge in [-0.25, -0.2) is 39.3 Å². The summed E-state index contributed by atoms with van der Waals surface area (Å²) in [6, 6.07) is 59.4. The molecule has 3 amide bonds. The van der Waals surface area contributed by atoms with Crippen molar-refractivity contribution in [2.45, 2.75) is 157 Å². The molecule has 0 aliphatic heterocycles. The van der Waals surface area contributed by atoms with E-state index in [9.17, 15) is 43.2 Å². The van der Waals surface area contributed by atoms with Crippen LogP contribution in [0.5, 0.6) is 0 Å². The van der Waals surface area contributed by atoms with Crippen molar-refractivity contribution in [2.75, 3.05) is 16.0 Å². The molecule has 0 aliphatic rings. The summed E-state index contributed by atoms with van der Waals surface area (Å²) in [5.74, 6) is -2.24. The summed E-state index contributed by atoms with van der Waals surface area (Å²) in [5.41, 5.74) is 17.5. The average molecular weight is 1950 g/mol. The molecule has 4 unspecified atom stereocenters. The number of carbonyl (C=O) groups excluding carboxylic acids is 7. The molecule has 0 fully saturated rings. The van der Waals surface area contributed by atoms with Crippen molar-refractivity contribution in [3.8, 4) is 11.4 Å². The molecule has 13 aromatic rings. The lowest BCUT2D eigenvalue weighted by atomic mass is 9.91. The standard InChI is InChI=1S/C30H30Cl2N4O2.C16H15ClN2O2.C15H13ClN2O3.C14H18ClN3.C9H10ClNO.C8H8ClNO.C7H6ClNO2/c1-19(21-10-15-28(33-18-21)34-29(38)20-8-11-22(31)12-9-20)26(37)14-13-25-17-27(30(2,3)4)35-36(25)24-7-5-6-23(32)16-24;1-10(11(2)20)13-5-8-15(18-9-13)19-16(21)12-3-6-14(17)7-4-12;1-9(15(20)21)11-4-7-13(17-8-11)18-14(19)10-2-5-12(16)6-3-10;1-14(2,3)13-8-12(9-16)18(17-13)11-6-4-5-10(15)7-11;1-6(7(2)12)8-3-4-9(10)11-5-8;1-6(11)4-7-2-3-8(9)10-5-7;8-6-2-1-5(4-9-6)3-7(10)11/h5-12,15-19H,13-14H2,1-4H3,(H,33,34,38);3-10H,1-2H3,(H,18,19,21);2-9H,1H3,(H,20,21)(H,17,18,19);4-8H,9,16H2,1-3H3;3-6H,1-2H3;2-3,5H,4H2,1H3;1-2,4H,3H2,(H,10,11). The molecular weight excluding hydrogens is 1840 g/mol. The van der Waals surface area contributed by atoms with Crippen LogP contribution in [-0.2, 0) is 65.4 Å². The summed E-state index contributed by atoms with van der Waals surface area (Å²) in [6.07, 6.45) is 10.7. The number of hydrogen-bond acceptors (Lipinski definition) is 18. The van der Waals surface area contributed by atoms with Crippen molar-refractivity contribution in [3.05, 3.63) is 357 Å². The largest absolute Gasteiger partial charge is 0.481 e. The fourth-order valence-corrected chi connectivity index (χ4v) is 12.6. The van der Waals surface area contributed by atoms with Crippen LogP contribution in [0.15, 0.2) is 243 Å². The van der Waals surface area contributed by atoms with E-state index in [-0.39, 0.29) is 75.9 Å². The fraction of sp³-hybridized carbons (Fsp3) is 0.242. The summed E-state index contributed by atoms with van der Waals surface area (Å²) in [6.45, 7) is 25.0. The number of carboxylic acid groups (broad SMARTS) is 2. The van der Waals surface area contributed by atoms with E-state index in [1.807, 2.05) is 90.8 Å². The second-order valence-electron chi connectivity index (χ2n) is 32.1. The van der Waals surface area contributed by atoms with E-state index in [4.69, 9.17) is 114 Å². The number of amides is 3. The molecule has 8 aromatic heterocycles. The van der Waals surface area contributed by atoms with Crippen molar-refractivity contribution in [1.82, 2.24) is 49.5 Å². The van der Waals surface area contributed by atoms with Crippen LogP contribution in [0.2, 0.25) is 40.6 Å². The van der Waals surface area contributed by atoms with E-state index in [0.717, 1.165) is 56.4 Å². The quantitative estimate of drug-likeness (QED) is 0.0306. The Hall–Kier alpha value is -12.3. The van der Waals surface area contributed by atoms with Gasteiger partial charge in [0.15, 0.2) is 0 Å². The summed E-state index contributed by atoms with van der Waals surface area (Å²) < 4.78 is 3.75. The van der Waals surface area contributed by atoms with Gasteiger partial charge in [-0.2, -0.15) is 10.2 Å². The van der Waals surface area contributed by atoms with E-state index < -0.39 is 17.9 Å². The smallest absolute Gasteiger partial charge is 0.310 e. The second kappa shape index (κ2) is 51.5. The molecule has 7 N–H and O–H groups in total. The molecule has 33 heteroatoms. The number of benzene rings is 5. The van der Waals surface area contributed by atoms with Crippen LogP contribution in [0.25, 0.3) is 11.4 Å². The number of aromatic nitrogens is 10. The lowest BCUT2D eigenvalue weighted by Gasteiger charge is -2.14. The van der Waals surface area contributed by atoms with Gasteiger partial charge < -0.3 is 31.9 Å². The van der Waals surface area contributed by atoms with Crippen molar-refractivity contribution < 1.29 is 53.4 Å². The highest BCUT2D eigenvalue weighted by Gasteiger charge is 2.25. The molecule has 0 spiro atoms. The number of Topliss-reactive ketones (excluding diaryl/α,β-unsaturated/α-hetero) is 4. The SMILES string of the molecule is CC(=O)C(C)c1ccc(Cl)nc1.CC(=O)C(C)c1ccc(NC(=O)c2ccc(Cl)cc2)nc1.CC(=O)Cc1ccc(Cl)nc1.CC(C(=O)CCc1cc(C(C)(C)C)nn1-c1cccc(Cl)c1)c1ccc(NC(=O)c2ccc(Cl)cc2)nc1.CC(C(=O)O)c1ccc(NC(=O)c2ccc(Cl)cc2)nc1.CC(C)(C)c1cc(CN)n(-c2cccc(Cl)c2)n1.O=C(O)Cc1ccc(Cl)nc1. The molecule has 688 valence electrons. The van der Waals surface area contributed by atoms with Gasteiger partial charge in [0.2, 0.25) is 0 Å². The topological polar surface area (TPSA) is 369 Å². The maximum atomic E-state index is 13.1. The minimum Gasteiger partial charge on any atom is -0.481 e. The van der Waals surface area contributed by atoms with Gasteiger partial charge in [-0.1, -0.05) is 204 Å². The van der Waals surface area contributed by atoms with Crippen LogP contribution in [0.4, 0.5) is 17.5 Å². The minimum absolute atomic E-state index is 0.00768. The number of anilines is 3. The Kier molecular flexibility index (Phi) is 41.7. The van der Waals surface area contributed by atoms with Gasteiger partial charge >= 0.3 is 11.9 Å². The Morgan fingerprint density at radius 2 is 0.712 bits per heavy atom. The number of aryl methyl sites for hydroxylation is 1. The Bertz CT molecular complexity index is 5870. The number of rotatable bonds is 24. The average Bonchev–Trinajstić information content (AvgIpc) is 1.66. The number of ketones is 4. The van der Waals surface area contributed by atoms with E-state index in [1.165, 1.54) is 12.4 Å². The van der Waals surface area contributed by atoms with Crippen molar-refractivity contribution in [3.63, 3.8) is 0 Å². The first-order valence-electron chi connectivity index (χ1n) is 41.1. The molecule has 0 saturated carbocycles. The van der Waals surface area contributed by atoms with E-state index in [2.05, 4.69) is 105 Å². The molecule has 132 heavy (non-hydrogen) atoms. The van der Waals surface area contributed by atoms with E-state index in [1.54, 1.807) is 186 Å². The third kappa shape index (κ3) is 35.4. The molecule has 13 rings (SSSR count). The first-order chi connectivity index (χ1) is 62.3. The number of nitrogens with zero attached hydrogens (tertiary/aromatic N) is 10. The molecule has 25 nitrogen and oxygen atoms in total. The van der Waals surface area contributed by atoms with E-state index >= 15 is 0 Å². The molecule has 5 aromatic carbocycles. The summed E-state index contributed by atoms with van der Waals surface area (Å²) >= 11 is 46.3. The predicted molar refractivity (Wildman–Crippen MR) is 523 cm³/mol. The van der Waals surface area contributed by atoms with Crippen LogP contribution in [-0.4, -0.2) is 112 Å². The summed E-state index contributed by atoms with van der Waals surface area (Å²) in [5, 5.41) is 39.2. The zero-order valence-corrected chi connectivity index (χ0v) is 80.6. The maximum absolute atomic E-state index is 13.1. The summed E-state index contributed by atoms with van der Waals surface area (Å²) in [4.78, 5) is 128.